The van der Waals surface area contributed by atoms with Crippen LogP contribution in [0.25, 0.3) is 0 Å². The highest BCUT2D eigenvalue weighted by molar-refractivity contribution is 5.39. The highest BCUT2D eigenvalue weighted by atomic mass is 15.2. The summed E-state index contributed by atoms with van der Waals surface area (Å²) >= 11 is 0. The molecule has 0 saturated carbocycles. The molecule has 0 aromatic heterocycles. The van der Waals surface area contributed by atoms with Crippen molar-refractivity contribution in [3.63, 3.8) is 0 Å². The summed E-state index contributed by atoms with van der Waals surface area (Å²) in [4.78, 5) is 2.37. The van der Waals surface area contributed by atoms with Crippen molar-refractivity contribution < 1.29 is 0 Å². The number of hydrogen-bond donors (Lipinski definition) is 0. The molecule has 0 atom stereocenters. The van der Waals surface area contributed by atoms with E-state index >= 15 is 0 Å². The Kier molecular flexibility index (Phi) is 5.25. The fourth-order valence-electron chi connectivity index (χ4n) is 2.21. The molecule has 17 heavy (non-hydrogen) atoms. The van der Waals surface area contributed by atoms with E-state index in [1.807, 2.05) is 6.92 Å². The molecule has 0 aliphatic carbocycles. The number of hydrogen-bond acceptors (Lipinski definition) is 1. The highest BCUT2D eigenvalue weighted by Gasteiger charge is 2.26. The minimum absolute atomic E-state index is 0.0852. The SMILES string of the molecule is C=C(C)/C(C)=C(/C)C(=C)N(C(C)C)C(C)(C)C. The molecule has 0 N–H and O–H groups in total. The van der Waals surface area contributed by atoms with E-state index in [0.717, 1.165) is 11.3 Å². The van der Waals surface area contributed by atoms with Crippen LogP contribution in [0, 0.1) is 0 Å². The summed E-state index contributed by atoms with van der Waals surface area (Å²) in [5, 5.41) is 0. The molecular formula is C16H29N. The van der Waals surface area contributed by atoms with Crippen LogP contribution in [0.15, 0.2) is 35.6 Å². The van der Waals surface area contributed by atoms with Crippen LogP contribution in [0.4, 0.5) is 0 Å². The standard InChI is InChI=1S/C16H29N/c1-11(2)13(5)14(6)15(7)17(12(3)4)16(8,9)10/h12H,1,7H2,2-6,8-10H3/b14-13-. The first-order chi connectivity index (χ1) is 7.50. The summed E-state index contributed by atoms with van der Waals surface area (Å²) in [5.41, 5.74) is 4.78. The molecule has 0 aliphatic heterocycles. The zero-order chi connectivity index (χ0) is 14.0. The van der Waals surface area contributed by atoms with Crippen molar-refractivity contribution in [2.24, 2.45) is 0 Å². The van der Waals surface area contributed by atoms with Gasteiger partial charge in [-0.1, -0.05) is 18.7 Å². The quantitative estimate of drug-likeness (QED) is 0.625. The van der Waals surface area contributed by atoms with Gasteiger partial charge in [-0.2, -0.15) is 0 Å². The minimum Gasteiger partial charge on any atom is -0.365 e. The maximum absolute atomic E-state index is 4.27. The summed E-state index contributed by atoms with van der Waals surface area (Å²) in [6.45, 7) is 25.7. The van der Waals surface area contributed by atoms with E-state index in [-0.39, 0.29) is 5.54 Å². The molecule has 0 aliphatic rings. The van der Waals surface area contributed by atoms with Crippen molar-refractivity contribution in [1.29, 1.82) is 0 Å². The molecule has 0 fully saturated rings. The first-order valence-electron chi connectivity index (χ1n) is 6.32. The molecule has 0 aromatic rings. The molecular weight excluding hydrogens is 206 g/mol. The summed E-state index contributed by atoms with van der Waals surface area (Å²) < 4.78 is 0. The smallest absolute Gasteiger partial charge is 0.0332 e. The summed E-state index contributed by atoms with van der Waals surface area (Å²) in [6, 6.07) is 0.440. The van der Waals surface area contributed by atoms with E-state index < -0.39 is 0 Å². The van der Waals surface area contributed by atoms with E-state index in [0.29, 0.717) is 6.04 Å². The zero-order valence-electron chi connectivity index (χ0n) is 12.9. The fourth-order valence-corrected chi connectivity index (χ4v) is 2.21. The van der Waals surface area contributed by atoms with Gasteiger partial charge < -0.3 is 4.90 Å². The van der Waals surface area contributed by atoms with Crippen LogP contribution in [-0.2, 0) is 0 Å². The van der Waals surface area contributed by atoms with Gasteiger partial charge in [0.2, 0.25) is 0 Å². The van der Waals surface area contributed by atoms with Crippen molar-refractivity contribution in [2.45, 2.75) is 67.0 Å². The van der Waals surface area contributed by atoms with Gasteiger partial charge in [0.25, 0.3) is 0 Å². The molecule has 1 heteroatoms. The van der Waals surface area contributed by atoms with Crippen LogP contribution in [0.5, 0.6) is 0 Å². The Labute approximate surface area is 108 Å². The molecule has 0 rings (SSSR count). The van der Waals surface area contributed by atoms with Crippen molar-refractivity contribution in [2.75, 3.05) is 0 Å². The maximum Gasteiger partial charge on any atom is 0.0332 e. The molecule has 0 spiro atoms. The van der Waals surface area contributed by atoms with Crippen LogP contribution in [-0.4, -0.2) is 16.5 Å². The van der Waals surface area contributed by atoms with Gasteiger partial charge in [0.1, 0.15) is 0 Å². The Morgan fingerprint density at radius 2 is 1.35 bits per heavy atom. The second kappa shape index (κ2) is 5.57. The third kappa shape index (κ3) is 4.07. The van der Waals surface area contributed by atoms with Crippen LogP contribution >= 0.6 is 0 Å². The monoisotopic (exact) mass is 235 g/mol. The largest absolute Gasteiger partial charge is 0.365 e. The van der Waals surface area contributed by atoms with E-state index in [1.165, 1.54) is 11.1 Å². The molecule has 0 saturated heterocycles. The Morgan fingerprint density at radius 3 is 1.59 bits per heavy atom. The topological polar surface area (TPSA) is 3.24 Å². The molecule has 0 aromatic carbocycles. The lowest BCUT2D eigenvalue weighted by molar-refractivity contribution is 0.149. The molecule has 0 heterocycles. The van der Waals surface area contributed by atoms with Crippen LogP contribution in [0.3, 0.4) is 0 Å². The molecule has 98 valence electrons. The number of allylic oxidation sites excluding steroid dienone is 3. The summed E-state index contributed by atoms with van der Waals surface area (Å²) in [6.07, 6.45) is 0. The first-order valence-corrected chi connectivity index (χ1v) is 6.32. The predicted octanol–water partition coefficient (Wildman–Crippen LogP) is 4.92. The van der Waals surface area contributed by atoms with Crippen molar-refractivity contribution in [3.8, 4) is 0 Å². The van der Waals surface area contributed by atoms with E-state index in [4.69, 9.17) is 0 Å². The molecule has 0 radical (unpaired) electrons. The predicted molar refractivity (Wildman–Crippen MR) is 79.1 cm³/mol. The van der Waals surface area contributed by atoms with Crippen molar-refractivity contribution in [1.82, 2.24) is 4.90 Å². The fraction of sp³-hybridized carbons (Fsp3) is 0.625. The van der Waals surface area contributed by atoms with Gasteiger partial charge in [-0.05, 0) is 66.5 Å². The van der Waals surface area contributed by atoms with Gasteiger partial charge in [0.05, 0.1) is 0 Å². The molecule has 0 unspecified atom stereocenters. The van der Waals surface area contributed by atoms with E-state index in [2.05, 4.69) is 66.5 Å². The lowest BCUT2D eigenvalue weighted by Gasteiger charge is -2.43. The summed E-state index contributed by atoms with van der Waals surface area (Å²) in [7, 11) is 0. The zero-order valence-corrected chi connectivity index (χ0v) is 12.9. The lowest BCUT2D eigenvalue weighted by atomic mass is 9.97. The molecule has 1 nitrogen and oxygen atoms in total. The van der Waals surface area contributed by atoms with Gasteiger partial charge in [-0.3, -0.25) is 0 Å². The van der Waals surface area contributed by atoms with Crippen LogP contribution < -0.4 is 0 Å². The van der Waals surface area contributed by atoms with E-state index in [9.17, 15) is 0 Å². The Bertz CT molecular complexity index is 337. The Morgan fingerprint density at radius 1 is 0.941 bits per heavy atom. The summed E-state index contributed by atoms with van der Waals surface area (Å²) in [5.74, 6) is 0. The maximum atomic E-state index is 4.27. The van der Waals surface area contributed by atoms with Crippen LogP contribution in [0.2, 0.25) is 0 Å². The second-order valence-electron chi connectivity index (χ2n) is 6.11. The number of nitrogens with zero attached hydrogens (tertiary/aromatic N) is 1. The third-order valence-electron chi connectivity index (χ3n) is 3.17. The van der Waals surface area contributed by atoms with Crippen molar-refractivity contribution in [3.05, 3.63) is 35.6 Å². The van der Waals surface area contributed by atoms with Gasteiger partial charge in [0, 0.05) is 17.3 Å². The molecule has 0 amide bonds. The molecule has 0 bridgehead atoms. The van der Waals surface area contributed by atoms with Crippen molar-refractivity contribution >= 4 is 0 Å². The first kappa shape index (κ1) is 16.0. The highest BCUT2D eigenvalue weighted by Crippen LogP contribution is 2.28. The van der Waals surface area contributed by atoms with Crippen LogP contribution in [0.1, 0.15) is 55.4 Å². The Hall–Kier alpha value is -0.980. The third-order valence-corrected chi connectivity index (χ3v) is 3.17. The minimum atomic E-state index is 0.0852. The van der Waals surface area contributed by atoms with E-state index in [1.54, 1.807) is 0 Å². The van der Waals surface area contributed by atoms with Gasteiger partial charge in [-0.25, -0.2) is 0 Å². The van der Waals surface area contributed by atoms with Gasteiger partial charge in [0.15, 0.2) is 0 Å². The van der Waals surface area contributed by atoms with Gasteiger partial charge >= 0.3 is 0 Å². The number of rotatable bonds is 4. The average Bonchev–Trinajstić information content (AvgIpc) is 2.12. The second-order valence-corrected chi connectivity index (χ2v) is 6.11. The normalized spacial score (nSPS) is 13.5. The average molecular weight is 235 g/mol. The Balaban J connectivity index is 5.41. The van der Waals surface area contributed by atoms with Gasteiger partial charge in [-0.15, -0.1) is 0 Å². The lowest BCUT2D eigenvalue weighted by Crippen LogP contribution is -2.45.